The van der Waals surface area contributed by atoms with Crippen LogP contribution in [0.5, 0.6) is 0 Å². The van der Waals surface area contributed by atoms with E-state index >= 15 is 0 Å². The Hall–Kier alpha value is -1.82. The van der Waals surface area contributed by atoms with Crippen LogP contribution in [-0.2, 0) is 19.1 Å². The molecule has 1 aromatic carbocycles. The van der Waals surface area contributed by atoms with Crippen molar-refractivity contribution < 1.29 is 19.1 Å². The number of hydrogen-bond donors (Lipinski definition) is 1. The van der Waals surface area contributed by atoms with Crippen LogP contribution in [0.25, 0.3) is 0 Å². The van der Waals surface area contributed by atoms with Gasteiger partial charge in [-0.15, -0.1) is 0 Å². The molecule has 0 saturated heterocycles. The molecular weight excluding hydrogens is 326 g/mol. The first kappa shape index (κ1) is 16.2. The monoisotopic (exact) mass is 341 g/mol. The van der Waals surface area contributed by atoms with Crippen LogP contribution >= 0.6 is 15.9 Å². The first-order chi connectivity index (χ1) is 9.56. The van der Waals surface area contributed by atoms with Crippen molar-refractivity contribution in [2.75, 3.05) is 18.5 Å². The van der Waals surface area contributed by atoms with Crippen molar-refractivity contribution >= 4 is 33.6 Å². The second-order valence-electron chi connectivity index (χ2n) is 3.66. The minimum Gasteiger partial charge on any atom is -0.463 e. The van der Waals surface area contributed by atoms with Gasteiger partial charge in [0.05, 0.1) is 19.3 Å². The minimum atomic E-state index is -0.608. The fourth-order valence-electron chi connectivity index (χ4n) is 1.35. The molecule has 0 aliphatic rings. The summed E-state index contributed by atoms with van der Waals surface area (Å²) >= 11 is 3.32. The van der Waals surface area contributed by atoms with Crippen molar-refractivity contribution in [1.82, 2.24) is 0 Å². The van der Waals surface area contributed by atoms with Crippen LogP contribution in [0.2, 0.25) is 0 Å². The van der Waals surface area contributed by atoms with Crippen LogP contribution in [0.15, 0.2) is 40.5 Å². The van der Waals surface area contributed by atoms with Crippen molar-refractivity contribution in [2.24, 2.45) is 0 Å². The number of carbonyl (C=O) groups excluding carboxylic acids is 2. The highest BCUT2D eigenvalue weighted by molar-refractivity contribution is 9.10. The highest BCUT2D eigenvalue weighted by atomic mass is 79.9. The minimum absolute atomic E-state index is 0.0348. The summed E-state index contributed by atoms with van der Waals surface area (Å²) in [6, 6.07) is 7.16. The Bertz CT molecular complexity index is 496. The van der Waals surface area contributed by atoms with Crippen molar-refractivity contribution in [3.63, 3.8) is 0 Å². The van der Waals surface area contributed by atoms with Crippen molar-refractivity contribution in [3.8, 4) is 0 Å². The summed E-state index contributed by atoms with van der Waals surface area (Å²) in [4.78, 5) is 23.2. The molecule has 0 atom stereocenters. The zero-order valence-electron chi connectivity index (χ0n) is 11.3. The Kier molecular flexibility index (Phi) is 6.79. The van der Waals surface area contributed by atoms with Crippen LogP contribution < -0.4 is 5.32 Å². The number of rotatable bonds is 6. The summed E-state index contributed by atoms with van der Waals surface area (Å²) in [7, 11) is 0. The number of ether oxygens (including phenoxy) is 2. The SMILES string of the molecule is CCOC(=O)/C=C(\Nc1ccc(Br)cc1)C(=O)OCC. The lowest BCUT2D eigenvalue weighted by molar-refractivity contribution is -0.140. The van der Waals surface area contributed by atoms with Crippen LogP contribution in [0, 0.1) is 0 Å². The zero-order valence-corrected chi connectivity index (χ0v) is 12.9. The molecule has 1 rings (SSSR count). The fraction of sp³-hybridized carbons (Fsp3) is 0.286. The third-order valence-corrected chi connectivity index (χ3v) is 2.70. The number of benzene rings is 1. The molecule has 1 aromatic rings. The molecule has 108 valence electrons. The second kappa shape index (κ2) is 8.37. The van der Waals surface area contributed by atoms with E-state index in [1.165, 1.54) is 0 Å². The van der Waals surface area contributed by atoms with Gasteiger partial charge >= 0.3 is 11.9 Å². The molecule has 0 unspecified atom stereocenters. The lowest BCUT2D eigenvalue weighted by atomic mass is 10.3. The van der Waals surface area contributed by atoms with Gasteiger partial charge in [0.15, 0.2) is 0 Å². The Morgan fingerprint density at radius 1 is 1.15 bits per heavy atom. The van der Waals surface area contributed by atoms with Crippen molar-refractivity contribution in [2.45, 2.75) is 13.8 Å². The lowest BCUT2D eigenvalue weighted by Crippen LogP contribution is -2.17. The van der Waals surface area contributed by atoms with Crippen LogP contribution in [-0.4, -0.2) is 25.2 Å². The summed E-state index contributed by atoms with van der Waals surface area (Å²) in [5.74, 6) is -1.20. The van der Waals surface area contributed by atoms with Gasteiger partial charge in [-0.2, -0.15) is 0 Å². The van der Waals surface area contributed by atoms with Gasteiger partial charge in [-0.3, -0.25) is 0 Å². The first-order valence-electron chi connectivity index (χ1n) is 6.15. The normalized spacial score (nSPS) is 10.8. The van der Waals surface area contributed by atoms with Gasteiger partial charge in [0.1, 0.15) is 5.70 Å². The fourth-order valence-corrected chi connectivity index (χ4v) is 1.61. The van der Waals surface area contributed by atoms with E-state index in [4.69, 9.17) is 9.47 Å². The van der Waals surface area contributed by atoms with Crippen LogP contribution in [0.1, 0.15) is 13.8 Å². The maximum Gasteiger partial charge on any atom is 0.355 e. The lowest BCUT2D eigenvalue weighted by Gasteiger charge is -2.10. The van der Waals surface area contributed by atoms with E-state index in [2.05, 4.69) is 21.2 Å². The number of halogens is 1. The Labute approximate surface area is 126 Å². The van der Waals surface area contributed by atoms with Crippen LogP contribution in [0.3, 0.4) is 0 Å². The summed E-state index contributed by atoms with van der Waals surface area (Å²) in [5.41, 5.74) is 0.699. The summed E-state index contributed by atoms with van der Waals surface area (Å²) in [6.45, 7) is 3.85. The third-order valence-electron chi connectivity index (χ3n) is 2.17. The molecule has 20 heavy (non-hydrogen) atoms. The molecule has 0 aliphatic heterocycles. The topological polar surface area (TPSA) is 64.6 Å². The van der Waals surface area contributed by atoms with Crippen molar-refractivity contribution in [1.29, 1.82) is 0 Å². The Balaban J connectivity index is 2.89. The Morgan fingerprint density at radius 3 is 2.30 bits per heavy atom. The highest BCUT2D eigenvalue weighted by Crippen LogP contribution is 2.16. The van der Waals surface area contributed by atoms with E-state index in [9.17, 15) is 9.59 Å². The molecule has 0 heterocycles. The largest absolute Gasteiger partial charge is 0.463 e. The standard InChI is InChI=1S/C14H16BrNO4/c1-3-19-13(17)9-12(14(18)20-4-2)16-11-7-5-10(15)6-8-11/h5-9,16H,3-4H2,1-2H3/b12-9-. The van der Waals surface area contributed by atoms with E-state index in [1.54, 1.807) is 26.0 Å². The molecular formula is C14H16BrNO4. The number of nitrogens with one attached hydrogen (secondary N) is 1. The van der Waals surface area contributed by atoms with Crippen molar-refractivity contribution in [3.05, 3.63) is 40.5 Å². The molecule has 6 heteroatoms. The molecule has 0 spiro atoms. The van der Waals surface area contributed by atoms with E-state index < -0.39 is 11.9 Å². The molecule has 0 aliphatic carbocycles. The third kappa shape index (κ3) is 5.44. The molecule has 0 amide bonds. The number of hydrogen-bond acceptors (Lipinski definition) is 5. The second-order valence-corrected chi connectivity index (χ2v) is 4.58. The predicted molar refractivity (Wildman–Crippen MR) is 79.1 cm³/mol. The predicted octanol–water partition coefficient (Wildman–Crippen LogP) is 2.87. The first-order valence-corrected chi connectivity index (χ1v) is 6.94. The quantitative estimate of drug-likeness (QED) is 0.636. The Morgan fingerprint density at radius 2 is 1.75 bits per heavy atom. The maximum absolute atomic E-state index is 11.8. The molecule has 0 bridgehead atoms. The summed E-state index contributed by atoms with van der Waals surface area (Å²) < 4.78 is 10.6. The van der Waals surface area contributed by atoms with Gasteiger partial charge < -0.3 is 14.8 Å². The van der Waals surface area contributed by atoms with Gasteiger partial charge in [0, 0.05) is 10.2 Å². The molecule has 0 saturated carbocycles. The number of anilines is 1. The van der Waals surface area contributed by atoms with Gasteiger partial charge in [-0.05, 0) is 38.1 Å². The number of carbonyl (C=O) groups is 2. The molecule has 0 radical (unpaired) electrons. The average Bonchev–Trinajstić information content (AvgIpc) is 2.41. The summed E-state index contributed by atoms with van der Waals surface area (Å²) in [6.07, 6.45) is 1.09. The molecule has 0 fully saturated rings. The zero-order chi connectivity index (χ0) is 15.0. The average molecular weight is 342 g/mol. The van der Waals surface area contributed by atoms with E-state index in [0.717, 1.165) is 10.5 Å². The summed E-state index contributed by atoms with van der Waals surface area (Å²) in [5, 5.41) is 2.85. The van der Waals surface area contributed by atoms with Gasteiger partial charge in [-0.25, -0.2) is 9.59 Å². The smallest absolute Gasteiger partial charge is 0.355 e. The van der Waals surface area contributed by atoms with Gasteiger partial charge in [0.2, 0.25) is 0 Å². The maximum atomic E-state index is 11.8. The van der Waals surface area contributed by atoms with E-state index in [0.29, 0.717) is 5.69 Å². The van der Waals surface area contributed by atoms with Crippen LogP contribution in [0.4, 0.5) is 5.69 Å². The van der Waals surface area contributed by atoms with Gasteiger partial charge in [-0.1, -0.05) is 15.9 Å². The van der Waals surface area contributed by atoms with Gasteiger partial charge in [0.25, 0.3) is 0 Å². The van der Waals surface area contributed by atoms with E-state index in [-0.39, 0.29) is 18.9 Å². The molecule has 1 N–H and O–H groups in total. The molecule has 5 nitrogen and oxygen atoms in total. The number of esters is 2. The highest BCUT2D eigenvalue weighted by Gasteiger charge is 2.13. The molecule has 0 aromatic heterocycles. The van der Waals surface area contributed by atoms with E-state index in [1.807, 2.05) is 12.1 Å².